The molecule has 1 amide bonds. The van der Waals surface area contributed by atoms with E-state index in [2.05, 4.69) is 22.8 Å². The molecule has 5 nitrogen and oxygen atoms in total. The Morgan fingerprint density at radius 3 is 2.27 bits per heavy atom. The molecular formula is C29H22Cl2N4OS. The van der Waals surface area contributed by atoms with Crippen LogP contribution in [0.2, 0.25) is 10.0 Å². The van der Waals surface area contributed by atoms with E-state index >= 15 is 0 Å². The van der Waals surface area contributed by atoms with E-state index < -0.39 is 6.17 Å². The number of anilines is 2. The lowest BCUT2D eigenvalue weighted by molar-refractivity contribution is -0.119. The second-order valence-corrected chi connectivity index (χ2v) is 9.71. The monoisotopic (exact) mass is 544 g/mol. The number of benzodiazepines with no additional fused rings is 1. The van der Waals surface area contributed by atoms with Crippen LogP contribution in [0.5, 0.6) is 0 Å². The third kappa shape index (κ3) is 5.37. The maximum Gasteiger partial charge on any atom is 0.272 e. The summed E-state index contributed by atoms with van der Waals surface area (Å²) in [5.41, 5.74) is 5.63. The quantitative estimate of drug-likeness (QED) is 0.278. The number of amides is 1. The molecular weight excluding hydrogens is 523 g/mol. The van der Waals surface area contributed by atoms with Crippen LogP contribution in [0.3, 0.4) is 0 Å². The van der Waals surface area contributed by atoms with E-state index in [1.54, 1.807) is 36.2 Å². The van der Waals surface area contributed by atoms with Crippen LogP contribution in [-0.2, 0) is 4.79 Å². The molecule has 0 saturated carbocycles. The van der Waals surface area contributed by atoms with Gasteiger partial charge in [-0.2, -0.15) is 0 Å². The number of nitrogens with zero attached hydrogens (tertiary/aromatic N) is 2. The molecule has 0 aliphatic carbocycles. The minimum atomic E-state index is -0.981. The van der Waals surface area contributed by atoms with E-state index in [4.69, 9.17) is 40.4 Å². The summed E-state index contributed by atoms with van der Waals surface area (Å²) in [5.74, 6) is -0.269. The zero-order valence-corrected chi connectivity index (χ0v) is 22.1. The van der Waals surface area contributed by atoms with Gasteiger partial charge in [0.15, 0.2) is 5.11 Å². The van der Waals surface area contributed by atoms with Gasteiger partial charge in [0.2, 0.25) is 6.17 Å². The van der Waals surface area contributed by atoms with Crippen LogP contribution in [0.25, 0.3) is 11.1 Å². The van der Waals surface area contributed by atoms with Crippen molar-refractivity contribution in [1.29, 1.82) is 0 Å². The van der Waals surface area contributed by atoms with Gasteiger partial charge in [-0.1, -0.05) is 83.9 Å². The summed E-state index contributed by atoms with van der Waals surface area (Å²) < 4.78 is 0. The number of fused-ring (bicyclic) bond motifs is 1. The molecule has 0 bridgehead atoms. The van der Waals surface area contributed by atoms with Crippen LogP contribution in [-0.4, -0.2) is 29.9 Å². The second kappa shape index (κ2) is 10.7. The first-order valence-corrected chi connectivity index (χ1v) is 12.7. The van der Waals surface area contributed by atoms with Gasteiger partial charge in [0, 0.05) is 33.9 Å². The number of carbonyl (C=O) groups excluding carboxylic acids is 1. The molecule has 1 unspecified atom stereocenters. The number of nitrogens with one attached hydrogen (secondary N) is 2. The molecule has 8 heteroatoms. The molecule has 5 rings (SSSR count). The van der Waals surface area contributed by atoms with E-state index in [1.807, 2.05) is 60.7 Å². The highest BCUT2D eigenvalue weighted by Gasteiger charge is 2.31. The van der Waals surface area contributed by atoms with Crippen LogP contribution in [0.4, 0.5) is 11.4 Å². The van der Waals surface area contributed by atoms with Crippen LogP contribution in [0.1, 0.15) is 11.1 Å². The second-order valence-electron chi connectivity index (χ2n) is 8.46. The molecule has 4 aromatic rings. The Labute approximate surface area is 230 Å². The Bertz CT molecular complexity index is 1510. The number of thiocarbonyl (C=S) groups is 1. The summed E-state index contributed by atoms with van der Waals surface area (Å²) in [7, 11) is 1.70. The number of likely N-dealkylation sites (N-methyl/N-ethyl adjacent to an activating group) is 1. The lowest BCUT2D eigenvalue weighted by Crippen LogP contribution is -2.47. The first-order valence-electron chi connectivity index (χ1n) is 11.5. The van der Waals surface area contributed by atoms with Crippen LogP contribution in [0, 0.1) is 0 Å². The van der Waals surface area contributed by atoms with Crippen LogP contribution in [0.15, 0.2) is 102 Å². The number of hydrogen-bond donors (Lipinski definition) is 2. The van der Waals surface area contributed by atoms with Gasteiger partial charge in [0.05, 0.1) is 11.4 Å². The van der Waals surface area contributed by atoms with E-state index in [1.165, 1.54) is 0 Å². The summed E-state index contributed by atoms with van der Waals surface area (Å²) >= 11 is 18.4. The molecule has 0 fully saturated rings. The molecule has 0 spiro atoms. The van der Waals surface area contributed by atoms with Crippen molar-refractivity contribution in [2.75, 3.05) is 17.3 Å². The molecule has 1 aliphatic heterocycles. The third-order valence-electron chi connectivity index (χ3n) is 6.04. The van der Waals surface area contributed by atoms with Gasteiger partial charge in [-0.05, 0) is 59.7 Å². The first kappa shape index (κ1) is 25.0. The fraction of sp³-hybridized carbons (Fsp3) is 0.0690. The molecule has 1 atom stereocenters. The van der Waals surface area contributed by atoms with Gasteiger partial charge in [-0.3, -0.25) is 4.79 Å². The maximum absolute atomic E-state index is 13.4. The number of hydrogen-bond acceptors (Lipinski definition) is 3. The fourth-order valence-corrected chi connectivity index (χ4v) is 4.80. The largest absolute Gasteiger partial charge is 0.333 e. The predicted molar refractivity (Wildman–Crippen MR) is 157 cm³/mol. The summed E-state index contributed by atoms with van der Waals surface area (Å²) in [6.07, 6.45) is -0.981. The first-order chi connectivity index (χ1) is 17.9. The number of aliphatic imine (C=N–C) groups is 1. The summed E-state index contributed by atoms with van der Waals surface area (Å²) in [6, 6.07) is 30.7. The molecule has 1 heterocycles. The summed E-state index contributed by atoms with van der Waals surface area (Å²) in [5, 5.41) is 7.54. The highest BCUT2D eigenvalue weighted by molar-refractivity contribution is 7.80. The molecule has 184 valence electrons. The zero-order valence-electron chi connectivity index (χ0n) is 19.8. The van der Waals surface area contributed by atoms with Gasteiger partial charge in [0.1, 0.15) is 0 Å². The SMILES string of the molecule is CN1C(=O)C(NC(=S)Nc2ccc(-c3ccccc3)cc2)N=C(c2ccccc2Cl)c2cc(Cl)ccc21. The summed E-state index contributed by atoms with van der Waals surface area (Å²) in [4.78, 5) is 19.8. The molecule has 4 aromatic carbocycles. The standard InChI is InChI=1S/C29H22Cl2N4OS/c1-35-25-16-13-20(30)17-23(25)26(22-9-5-6-10-24(22)31)33-27(28(35)36)34-29(37)32-21-14-11-19(12-15-21)18-7-3-2-4-8-18/h2-17,27H,1H3,(H2,32,34,37). The highest BCUT2D eigenvalue weighted by Crippen LogP contribution is 2.32. The molecule has 37 heavy (non-hydrogen) atoms. The highest BCUT2D eigenvalue weighted by atomic mass is 35.5. The Hall–Kier alpha value is -3.71. The Morgan fingerprint density at radius 2 is 1.54 bits per heavy atom. The number of benzene rings is 4. The Balaban J connectivity index is 1.43. The predicted octanol–water partition coefficient (Wildman–Crippen LogP) is 6.79. The minimum absolute atomic E-state index is 0.269. The topological polar surface area (TPSA) is 56.7 Å². The van der Waals surface area contributed by atoms with Crippen molar-refractivity contribution in [1.82, 2.24) is 5.32 Å². The number of carbonyl (C=O) groups is 1. The normalized spacial score (nSPS) is 14.9. The van der Waals surface area contributed by atoms with Crippen molar-refractivity contribution in [2.45, 2.75) is 6.17 Å². The van der Waals surface area contributed by atoms with Gasteiger partial charge in [-0.25, -0.2) is 4.99 Å². The maximum atomic E-state index is 13.4. The molecule has 1 aliphatic rings. The van der Waals surface area contributed by atoms with Crippen molar-refractivity contribution >= 4 is 63.5 Å². The van der Waals surface area contributed by atoms with Gasteiger partial charge in [-0.15, -0.1) is 0 Å². The summed E-state index contributed by atoms with van der Waals surface area (Å²) in [6.45, 7) is 0. The van der Waals surface area contributed by atoms with Crippen molar-refractivity contribution in [3.8, 4) is 11.1 Å². The zero-order chi connectivity index (χ0) is 25.9. The van der Waals surface area contributed by atoms with Crippen molar-refractivity contribution in [3.63, 3.8) is 0 Å². The van der Waals surface area contributed by atoms with E-state index in [0.29, 0.717) is 32.6 Å². The third-order valence-corrected chi connectivity index (χ3v) is 6.83. The average molecular weight is 545 g/mol. The van der Waals surface area contributed by atoms with Crippen molar-refractivity contribution < 1.29 is 4.79 Å². The van der Waals surface area contributed by atoms with Crippen molar-refractivity contribution in [2.24, 2.45) is 4.99 Å². The van der Waals surface area contributed by atoms with E-state index in [-0.39, 0.29) is 11.0 Å². The van der Waals surface area contributed by atoms with Gasteiger partial charge in [0.25, 0.3) is 5.91 Å². The molecule has 2 N–H and O–H groups in total. The molecule has 0 radical (unpaired) electrons. The Morgan fingerprint density at radius 1 is 0.865 bits per heavy atom. The fourth-order valence-electron chi connectivity index (χ4n) is 4.18. The number of rotatable bonds is 4. The van der Waals surface area contributed by atoms with Crippen LogP contribution >= 0.6 is 35.4 Å². The average Bonchev–Trinajstić information content (AvgIpc) is 3.00. The van der Waals surface area contributed by atoms with Gasteiger partial charge < -0.3 is 15.5 Å². The van der Waals surface area contributed by atoms with Gasteiger partial charge >= 0.3 is 0 Å². The molecule has 0 saturated heterocycles. The van der Waals surface area contributed by atoms with E-state index in [0.717, 1.165) is 16.8 Å². The number of halogens is 2. The minimum Gasteiger partial charge on any atom is -0.333 e. The van der Waals surface area contributed by atoms with Crippen molar-refractivity contribution in [3.05, 3.63) is 118 Å². The lowest BCUT2D eigenvalue weighted by Gasteiger charge is -2.22. The Kier molecular flexibility index (Phi) is 7.24. The smallest absolute Gasteiger partial charge is 0.272 e. The molecule has 0 aromatic heterocycles. The van der Waals surface area contributed by atoms with Crippen LogP contribution < -0.4 is 15.5 Å². The van der Waals surface area contributed by atoms with E-state index in [9.17, 15) is 4.79 Å². The lowest BCUT2D eigenvalue weighted by atomic mass is 10.00.